The molecular weight excluding hydrogens is 228 g/mol. The van der Waals surface area contributed by atoms with Crippen molar-refractivity contribution in [2.45, 2.75) is 34.1 Å². The Hall–Kier alpha value is -1.64. The highest BCUT2D eigenvalue weighted by Crippen LogP contribution is 2.14. The van der Waals surface area contributed by atoms with Crippen LogP contribution in [0, 0.1) is 19.8 Å². The molecule has 1 atom stereocenters. The first-order chi connectivity index (χ1) is 8.43. The fourth-order valence-corrected chi connectivity index (χ4v) is 1.90. The van der Waals surface area contributed by atoms with Gasteiger partial charge in [-0.05, 0) is 32.9 Å². The average Bonchev–Trinajstić information content (AvgIpc) is 2.27. The normalized spacial score (nSPS) is 12.0. The van der Waals surface area contributed by atoms with Crippen LogP contribution in [0.2, 0.25) is 0 Å². The van der Waals surface area contributed by atoms with Crippen molar-refractivity contribution >= 4 is 11.8 Å². The maximum Gasteiger partial charge on any atom is 0.309 e. The van der Waals surface area contributed by atoms with Crippen LogP contribution < -0.4 is 0 Å². The number of hydrogen-bond acceptors (Lipinski definition) is 3. The number of carbonyl (C=O) groups excluding carboxylic acids is 2. The van der Waals surface area contributed by atoms with Crippen molar-refractivity contribution in [2.75, 3.05) is 6.61 Å². The summed E-state index contributed by atoms with van der Waals surface area (Å²) >= 11 is 0. The van der Waals surface area contributed by atoms with Crippen LogP contribution in [0.4, 0.5) is 0 Å². The predicted octanol–water partition coefficient (Wildman–Crippen LogP) is 3.08. The molecule has 0 N–H and O–H groups in total. The van der Waals surface area contributed by atoms with Gasteiger partial charge >= 0.3 is 5.97 Å². The average molecular weight is 248 g/mol. The summed E-state index contributed by atoms with van der Waals surface area (Å²) in [5.41, 5.74) is 2.79. The Morgan fingerprint density at radius 3 is 2.22 bits per heavy atom. The van der Waals surface area contributed by atoms with E-state index in [0.717, 1.165) is 11.1 Å². The molecule has 0 aliphatic carbocycles. The first-order valence-corrected chi connectivity index (χ1v) is 6.22. The summed E-state index contributed by atoms with van der Waals surface area (Å²) in [4.78, 5) is 23.5. The topological polar surface area (TPSA) is 43.4 Å². The molecule has 0 aliphatic heterocycles. The fraction of sp³-hybridized carbons (Fsp3) is 0.467. The van der Waals surface area contributed by atoms with Crippen LogP contribution in [0.1, 0.15) is 41.8 Å². The van der Waals surface area contributed by atoms with Gasteiger partial charge in [-0.2, -0.15) is 0 Å². The third kappa shape index (κ3) is 3.99. The smallest absolute Gasteiger partial charge is 0.309 e. The van der Waals surface area contributed by atoms with E-state index in [2.05, 4.69) is 0 Å². The van der Waals surface area contributed by atoms with Crippen LogP contribution in [-0.4, -0.2) is 18.4 Å². The number of ether oxygens (including phenoxy) is 1. The Labute approximate surface area is 108 Å². The molecule has 0 fully saturated rings. The molecule has 0 unspecified atom stereocenters. The molecule has 0 radical (unpaired) electrons. The highest BCUT2D eigenvalue weighted by Gasteiger charge is 2.19. The van der Waals surface area contributed by atoms with Crippen molar-refractivity contribution in [1.82, 2.24) is 0 Å². The summed E-state index contributed by atoms with van der Waals surface area (Å²) in [6, 6.07) is 5.73. The molecule has 3 nitrogen and oxygen atoms in total. The van der Waals surface area contributed by atoms with Gasteiger partial charge in [0.1, 0.15) is 0 Å². The number of ketones is 1. The minimum absolute atomic E-state index is 0.0117. The second-order valence-corrected chi connectivity index (χ2v) is 4.66. The van der Waals surface area contributed by atoms with Gasteiger partial charge in [0.25, 0.3) is 0 Å². The predicted molar refractivity (Wildman–Crippen MR) is 70.7 cm³/mol. The minimum Gasteiger partial charge on any atom is -0.466 e. The number of Topliss-reactive ketones (excluding diaryl/α,β-unsaturated/α-hetero) is 1. The van der Waals surface area contributed by atoms with Crippen molar-refractivity contribution < 1.29 is 14.3 Å². The van der Waals surface area contributed by atoms with E-state index in [0.29, 0.717) is 12.2 Å². The molecular formula is C15H20O3. The van der Waals surface area contributed by atoms with Gasteiger partial charge in [-0.15, -0.1) is 0 Å². The Kier molecular flexibility index (Phi) is 5.08. The Morgan fingerprint density at radius 1 is 1.17 bits per heavy atom. The molecule has 18 heavy (non-hydrogen) atoms. The SMILES string of the molecule is CCOC(=O)[C@@H](C)CC(=O)c1cc(C)cc(C)c1. The number of esters is 1. The molecule has 1 rings (SSSR count). The zero-order chi connectivity index (χ0) is 13.7. The van der Waals surface area contributed by atoms with E-state index in [1.54, 1.807) is 13.8 Å². The number of hydrogen-bond donors (Lipinski definition) is 0. The van der Waals surface area contributed by atoms with Gasteiger partial charge in [-0.3, -0.25) is 9.59 Å². The van der Waals surface area contributed by atoms with E-state index >= 15 is 0 Å². The molecule has 3 heteroatoms. The summed E-state index contributed by atoms with van der Waals surface area (Å²) in [5, 5.41) is 0. The third-order valence-corrected chi connectivity index (χ3v) is 2.72. The van der Waals surface area contributed by atoms with E-state index in [-0.39, 0.29) is 18.2 Å². The Bertz CT molecular complexity index is 429. The van der Waals surface area contributed by atoms with Crippen LogP contribution in [0.5, 0.6) is 0 Å². The highest BCUT2D eigenvalue weighted by atomic mass is 16.5. The quantitative estimate of drug-likeness (QED) is 0.594. The lowest BCUT2D eigenvalue weighted by Gasteiger charge is -2.10. The second kappa shape index (κ2) is 6.34. The molecule has 0 aliphatic rings. The van der Waals surface area contributed by atoms with Gasteiger partial charge in [0, 0.05) is 12.0 Å². The molecule has 0 spiro atoms. The molecule has 98 valence electrons. The third-order valence-electron chi connectivity index (χ3n) is 2.72. The largest absolute Gasteiger partial charge is 0.466 e. The standard InChI is InChI=1S/C15H20O3/c1-5-18-15(17)12(4)9-14(16)13-7-10(2)6-11(3)8-13/h6-8,12H,5,9H2,1-4H3/t12-/m0/s1. The molecule has 1 aromatic carbocycles. The highest BCUT2D eigenvalue weighted by molar-refractivity contribution is 5.98. The molecule has 0 amide bonds. The second-order valence-electron chi connectivity index (χ2n) is 4.66. The molecule has 1 aromatic rings. The minimum atomic E-state index is -0.390. The first-order valence-electron chi connectivity index (χ1n) is 6.22. The van der Waals surface area contributed by atoms with E-state index in [4.69, 9.17) is 4.74 Å². The zero-order valence-electron chi connectivity index (χ0n) is 11.4. The summed E-state index contributed by atoms with van der Waals surface area (Å²) in [6.07, 6.45) is 0.196. The molecule has 0 saturated heterocycles. The van der Waals surface area contributed by atoms with E-state index in [1.807, 2.05) is 32.0 Å². The molecule has 0 aromatic heterocycles. The van der Waals surface area contributed by atoms with Gasteiger partial charge < -0.3 is 4.74 Å². The molecule has 0 heterocycles. The summed E-state index contributed by atoms with van der Waals surface area (Å²) < 4.78 is 4.90. The lowest BCUT2D eigenvalue weighted by atomic mass is 9.97. The van der Waals surface area contributed by atoms with Gasteiger partial charge in [0.2, 0.25) is 0 Å². The van der Waals surface area contributed by atoms with Gasteiger partial charge in [0.15, 0.2) is 5.78 Å². The molecule has 0 saturated carbocycles. The van der Waals surface area contributed by atoms with Crippen molar-refractivity contribution in [3.63, 3.8) is 0 Å². The Balaban J connectivity index is 2.73. The molecule has 0 bridgehead atoms. The van der Waals surface area contributed by atoms with E-state index < -0.39 is 5.92 Å². The van der Waals surface area contributed by atoms with Crippen LogP contribution >= 0.6 is 0 Å². The van der Waals surface area contributed by atoms with Gasteiger partial charge in [-0.1, -0.05) is 24.1 Å². The van der Waals surface area contributed by atoms with Crippen molar-refractivity contribution in [2.24, 2.45) is 5.92 Å². The van der Waals surface area contributed by atoms with E-state index in [1.165, 1.54) is 0 Å². The number of aryl methyl sites for hydroxylation is 2. The maximum atomic E-state index is 12.1. The van der Waals surface area contributed by atoms with Crippen molar-refractivity contribution in [3.8, 4) is 0 Å². The fourth-order valence-electron chi connectivity index (χ4n) is 1.90. The van der Waals surface area contributed by atoms with Crippen LogP contribution in [-0.2, 0) is 9.53 Å². The van der Waals surface area contributed by atoms with Crippen LogP contribution in [0.3, 0.4) is 0 Å². The van der Waals surface area contributed by atoms with Crippen molar-refractivity contribution in [1.29, 1.82) is 0 Å². The lowest BCUT2D eigenvalue weighted by Crippen LogP contribution is -2.18. The number of carbonyl (C=O) groups is 2. The summed E-state index contributed by atoms with van der Waals surface area (Å²) in [7, 11) is 0. The van der Waals surface area contributed by atoms with Crippen LogP contribution in [0.25, 0.3) is 0 Å². The lowest BCUT2D eigenvalue weighted by molar-refractivity contribution is -0.147. The monoisotopic (exact) mass is 248 g/mol. The van der Waals surface area contributed by atoms with Gasteiger partial charge in [0.05, 0.1) is 12.5 Å². The summed E-state index contributed by atoms with van der Waals surface area (Å²) in [5.74, 6) is -0.712. The first kappa shape index (κ1) is 14.4. The maximum absolute atomic E-state index is 12.1. The zero-order valence-corrected chi connectivity index (χ0v) is 11.4. The summed E-state index contributed by atoms with van der Waals surface area (Å²) in [6.45, 7) is 7.74. The number of benzene rings is 1. The van der Waals surface area contributed by atoms with E-state index in [9.17, 15) is 9.59 Å². The van der Waals surface area contributed by atoms with Crippen LogP contribution in [0.15, 0.2) is 18.2 Å². The number of rotatable bonds is 5. The van der Waals surface area contributed by atoms with Gasteiger partial charge in [-0.25, -0.2) is 0 Å². The Morgan fingerprint density at radius 2 is 1.72 bits per heavy atom. The van der Waals surface area contributed by atoms with Crippen molar-refractivity contribution in [3.05, 3.63) is 34.9 Å².